The third-order valence-electron chi connectivity index (χ3n) is 7.96. The van der Waals surface area contributed by atoms with Crippen LogP contribution in [0.25, 0.3) is 0 Å². The van der Waals surface area contributed by atoms with Crippen molar-refractivity contribution in [3.63, 3.8) is 0 Å². The fraction of sp³-hybridized carbons (Fsp3) is 0.811. The van der Waals surface area contributed by atoms with E-state index in [0.717, 1.165) is 30.9 Å². The standard InChI is InChI=1S/C37H70N2S/c1-6-36(30-25-27-33-38-32-26-21-17-19-23-29-35(4)5)39-37(40)31-24-20-16-14-12-10-8-7-9-11-13-15-18-22-28-34(2)3/h6,36,38H,1-2,4,7-33H2,3,5H3,(H,39,40). The Labute approximate surface area is 257 Å². The predicted molar refractivity (Wildman–Crippen MR) is 188 cm³/mol. The third-order valence-corrected chi connectivity index (χ3v) is 8.29. The van der Waals surface area contributed by atoms with Gasteiger partial charge < -0.3 is 10.6 Å². The van der Waals surface area contributed by atoms with E-state index in [1.807, 2.05) is 6.08 Å². The Bertz CT molecular complexity index is 611. The molecule has 0 rings (SSSR count). The Morgan fingerprint density at radius 3 is 1.30 bits per heavy atom. The van der Waals surface area contributed by atoms with Crippen LogP contribution in [0.1, 0.15) is 174 Å². The van der Waals surface area contributed by atoms with Crippen LogP contribution in [0.5, 0.6) is 0 Å². The number of allylic oxidation sites excluding steroid dienone is 2. The van der Waals surface area contributed by atoms with Gasteiger partial charge in [0.2, 0.25) is 0 Å². The predicted octanol–water partition coefficient (Wildman–Crippen LogP) is 12.0. The number of unbranched alkanes of at least 4 members (excludes halogenated alkanes) is 18. The minimum atomic E-state index is 0.327. The molecule has 234 valence electrons. The zero-order valence-electron chi connectivity index (χ0n) is 27.3. The van der Waals surface area contributed by atoms with Crippen molar-refractivity contribution in [1.82, 2.24) is 10.6 Å². The topological polar surface area (TPSA) is 24.1 Å². The fourth-order valence-corrected chi connectivity index (χ4v) is 5.60. The van der Waals surface area contributed by atoms with Gasteiger partial charge in [0, 0.05) is 6.04 Å². The van der Waals surface area contributed by atoms with E-state index in [9.17, 15) is 0 Å². The van der Waals surface area contributed by atoms with Crippen LogP contribution in [0.2, 0.25) is 0 Å². The molecule has 40 heavy (non-hydrogen) atoms. The van der Waals surface area contributed by atoms with Gasteiger partial charge in [-0.15, -0.1) is 19.7 Å². The molecule has 0 saturated carbocycles. The number of hydrogen-bond acceptors (Lipinski definition) is 2. The highest BCUT2D eigenvalue weighted by Crippen LogP contribution is 2.15. The van der Waals surface area contributed by atoms with E-state index >= 15 is 0 Å². The van der Waals surface area contributed by atoms with Crippen molar-refractivity contribution < 1.29 is 0 Å². The van der Waals surface area contributed by atoms with Crippen LogP contribution >= 0.6 is 12.2 Å². The zero-order valence-corrected chi connectivity index (χ0v) is 28.1. The van der Waals surface area contributed by atoms with E-state index in [2.05, 4.69) is 44.2 Å². The lowest BCUT2D eigenvalue weighted by Gasteiger charge is -2.17. The summed E-state index contributed by atoms with van der Waals surface area (Å²) in [4.78, 5) is 1.03. The van der Waals surface area contributed by atoms with Gasteiger partial charge in [-0.2, -0.15) is 0 Å². The third kappa shape index (κ3) is 31.6. The average Bonchev–Trinajstić information content (AvgIpc) is 2.92. The van der Waals surface area contributed by atoms with E-state index in [-0.39, 0.29) is 0 Å². The molecular weight excluding hydrogens is 504 g/mol. The number of hydrogen-bond donors (Lipinski definition) is 2. The summed E-state index contributed by atoms with van der Waals surface area (Å²) in [5, 5.41) is 7.16. The highest BCUT2D eigenvalue weighted by molar-refractivity contribution is 7.80. The summed E-state index contributed by atoms with van der Waals surface area (Å²) < 4.78 is 0. The first-order chi connectivity index (χ1) is 19.5. The summed E-state index contributed by atoms with van der Waals surface area (Å²) in [6.45, 7) is 18.6. The second-order valence-corrected chi connectivity index (χ2v) is 13.0. The molecule has 1 atom stereocenters. The monoisotopic (exact) mass is 575 g/mol. The highest BCUT2D eigenvalue weighted by Gasteiger charge is 2.06. The maximum atomic E-state index is 5.63. The summed E-state index contributed by atoms with van der Waals surface area (Å²) in [5.41, 5.74) is 2.66. The van der Waals surface area contributed by atoms with Crippen LogP contribution in [0.4, 0.5) is 0 Å². The van der Waals surface area contributed by atoms with Gasteiger partial charge in [-0.1, -0.05) is 126 Å². The van der Waals surface area contributed by atoms with Crippen LogP contribution in [-0.4, -0.2) is 24.1 Å². The van der Waals surface area contributed by atoms with Crippen molar-refractivity contribution in [2.24, 2.45) is 0 Å². The molecule has 1 unspecified atom stereocenters. The van der Waals surface area contributed by atoms with Crippen molar-refractivity contribution in [2.75, 3.05) is 13.1 Å². The minimum Gasteiger partial charge on any atom is -0.373 e. The molecule has 0 fully saturated rings. The molecule has 0 bridgehead atoms. The second kappa shape index (κ2) is 31.0. The SMILES string of the molecule is C=CC(CCCCNCCCCCCCC(=C)C)NC(=S)CCCCCCCCCCCCCCCCC(=C)C. The van der Waals surface area contributed by atoms with Crippen LogP contribution in [0, 0.1) is 0 Å². The second-order valence-electron chi connectivity index (χ2n) is 12.5. The van der Waals surface area contributed by atoms with Crippen LogP contribution in [-0.2, 0) is 0 Å². The lowest BCUT2D eigenvalue weighted by Crippen LogP contribution is -2.32. The van der Waals surface area contributed by atoms with E-state index in [1.165, 1.54) is 159 Å². The van der Waals surface area contributed by atoms with Crippen molar-refractivity contribution in [3.05, 3.63) is 37.0 Å². The molecule has 0 aromatic carbocycles. The minimum absolute atomic E-state index is 0.327. The first-order valence-corrected chi connectivity index (χ1v) is 17.8. The molecule has 0 aliphatic rings. The molecule has 0 aromatic heterocycles. The molecule has 0 aliphatic heterocycles. The highest BCUT2D eigenvalue weighted by atomic mass is 32.1. The molecule has 2 nitrogen and oxygen atoms in total. The summed E-state index contributed by atoms with van der Waals surface area (Å²) in [7, 11) is 0. The van der Waals surface area contributed by atoms with Crippen LogP contribution in [0.15, 0.2) is 37.0 Å². The van der Waals surface area contributed by atoms with E-state index in [1.54, 1.807) is 0 Å². The lowest BCUT2D eigenvalue weighted by molar-refractivity contribution is 0.532. The van der Waals surface area contributed by atoms with Crippen LogP contribution in [0.3, 0.4) is 0 Å². The fourth-order valence-electron chi connectivity index (χ4n) is 5.31. The molecular formula is C37H70N2S. The van der Waals surface area contributed by atoms with Crippen molar-refractivity contribution in [2.45, 2.75) is 180 Å². The van der Waals surface area contributed by atoms with E-state index < -0.39 is 0 Å². The first kappa shape index (κ1) is 39.1. The summed E-state index contributed by atoms with van der Waals surface area (Å²) in [6, 6.07) is 0.327. The molecule has 2 N–H and O–H groups in total. The molecule has 0 heterocycles. The Morgan fingerprint density at radius 2 is 0.900 bits per heavy atom. The Balaban J connectivity index is 3.41. The molecule has 0 aliphatic carbocycles. The Kier molecular flexibility index (Phi) is 30.3. The molecule has 0 saturated heterocycles. The van der Waals surface area contributed by atoms with Gasteiger partial charge in [-0.3, -0.25) is 0 Å². The lowest BCUT2D eigenvalue weighted by atomic mass is 10.0. The first-order valence-electron chi connectivity index (χ1n) is 17.4. The molecule has 0 aromatic rings. The number of thiocarbonyl (C=S) groups is 1. The summed E-state index contributed by atoms with van der Waals surface area (Å²) >= 11 is 5.63. The number of rotatable bonds is 32. The summed E-state index contributed by atoms with van der Waals surface area (Å²) in [6.07, 6.45) is 35.1. The smallest absolute Gasteiger partial charge is 0.0757 e. The van der Waals surface area contributed by atoms with Crippen molar-refractivity contribution in [1.29, 1.82) is 0 Å². The maximum absolute atomic E-state index is 5.63. The van der Waals surface area contributed by atoms with Gasteiger partial charge in [0.25, 0.3) is 0 Å². The van der Waals surface area contributed by atoms with E-state index in [0.29, 0.717) is 6.04 Å². The van der Waals surface area contributed by atoms with E-state index in [4.69, 9.17) is 12.2 Å². The van der Waals surface area contributed by atoms with Crippen LogP contribution < -0.4 is 10.6 Å². The van der Waals surface area contributed by atoms with Gasteiger partial charge in [0.05, 0.1) is 4.99 Å². The van der Waals surface area contributed by atoms with Gasteiger partial charge >= 0.3 is 0 Å². The van der Waals surface area contributed by atoms with Gasteiger partial charge in [0.15, 0.2) is 0 Å². The van der Waals surface area contributed by atoms with Gasteiger partial charge in [-0.25, -0.2) is 0 Å². The van der Waals surface area contributed by atoms with Crippen molar-refractivity contribution in [3.8, 4) is 0 Å². The Hall–Kier alpha value is -0.930. The Morgan fingerprint density at radius 1 is 0.550 bits per heavy atom. The molecule has 0 radical (unpaired) electrons. The van der Waals surface area contributed by atoms with Crippen molar-refractivity contribution >= 4 is 17.2 Å². The molecule has 0 amide bonds. The quantitative estimate of drug-likeness (QED) is 0.0474. The number of nitrogens with one attached hydrogen (secondary N) is 2. The zero-order chi connectivity index (χ0) is 29.5. The summed E-state index contributed by atoms with van der Waals surface area (Å²) in [5.74, 6) is 0. The molecule has 0 spiro atoms. The molecule has 3 heteroatoms. The average molecular weight is 575 g/mol. The maximum Gasteiger partial charge on any atom is 0.0757 e. The van der Waals surface area contributed by atoms with Gasteiger partial charge in [0.1, 0.15) is 0 Å². The van der Waals surface area contributed by atoms with Gasteiger partial charge in [-0.05, 0) is 91.1 Å². The largest absolute Gasteiger partial charge is 0.373 e. The normalized spacial score (nSPS) is 11.8.